The molecule has 0 spiro atoms. The van der Waals surface area contributed by atoms with Gasteiger partial charge in [-0.2, -0.15) is 0 Å². The van der Waals surface area contributed by atoms with E-state index in [1.807, 2.05) is 13.8 Å². The Morgan fingerprint density at radius 3 is 2.75 bits per heavy atom. The smallest absolute Gasteiger partial charge is 0.159 e. The number of halogens is 1. The van der Waals surface area contributed by atoms with Gasteiger partial charge in [0, 0.05) is 6.54 Å². The second-order valence-electron chi connectivity index (χ2n) is 3.38. The first-order valence-electron chi connectivity index (χ1n) is 4.97. The zero-order valence-corrected chi connectivity index (χ0v) is 10.9. The zero-order chi connectivity index (χ0) is 12.0. The van der Waals surface area contributed by atoms with Gasteiger partial charge in [-0.15, -0.1) is 0 Å². The van der Waals surface area contributed by atoms with Crippen LogP contribution in [0.2, 0.25) is 0 Å². The van der Waals surface area contributed by atoms with Gasteiger partial charge in [-0.05, 0) is 29.8 Å². The molecule has 1 aromatic heterocycles. The Kier molecular flexibility index (Phi) is 5.44. The first-order chi connectivity index (χ1) is 7.65. The van der Waals surface area contributed by atoms with Crippen molar-refractivity contribution in [3.05, 3.63) is 10.8 Å². The third kappa shape index (κ3) is 3.92. The lowest BCUT2D eigenvalue weighted by Gasteiger charge is -2.11. The van der Waals surface area contributed by atoms with E-state index in [0.29, 0.717) is 29.3 Å². The van der Waals surface area contributed by atoms with Crippen LogP contribution in [0.3, 0.4) is 0 Å². The van der Waals surface area contributed by atoms with E-state index >= 15 is 0 Å². The third-order valence-corrected chi connectivity index (χ3v) is 2.52. The minimum Gasteiger partial charge on any atom is -0.377 e. The molecule has 4 N–H and O–H groups in total. The van der Waals surface area contributed by atoms with Gasteiger partial charge in [0.25, 0.3) is 0 Å². The van der Waals surface area contributed by atoms with Crippen LogP contribution in [-0.4, -0.2) is 29.2 Å². The van der Waals surface area contributed by atoms with Crippen molar-refractivity contribution in [2.45, 2.75) is 20.0 Å². The Bertz CT molecular complexity index is 334. The molecule has 0 unspecified atom stereocenters. The molecule has 7 heteroatoms. The lowest BCUT2D eigenvalue weighted by molar-refractivity contribution is 0.0870. The summed E-state index contributed by atoms with van der Waals surface area (Å²) in [6, 6.07) is 0. The molecule has 0 fully saturated rings. The van der Waals surface area contributed by atoms with Crippen molar-refractivity contribution < 1.29 is 4.74 Å². The molecule has 0 amide bonds. The summed E-state index contributed by atoms with van der Waals surface area (Å²) in [5, 5.41) is 3.12. The molecular formula is C9H16BrN5O. The van der Waals surface area contributed by atoms with E-state index in [2.05, 4.69) is 36.6 Å². The average Bonchev–Trinajstić information content (AvgIpc) is 2.26. The van der Waals surface area contributed by atoms with Crippen molar-refractivity contribution in [3.63, 3.8) is 0 Å². The standard InChI is InChI=1S/C9H16BrN5O/c1-6(2)16-4-3-12-8-7(10)9(15-11)14-5-13-8/h5-6H,3-4,11H2,1-2H3,(H2,12,13,14,15). The molecule has 16 heavy (non-hydrogen) atoms. The second kappa shape index (κ2) is 6.62. The number of hydrogen-bond acceptors (Lipinski definition) is 6. The van der Waals surface area contributed by atoms with Gasteiger partial charge in [0.05, 0.1) is 12.7 Å². The van der Waals surface area contributed by atoms with E-state index in [9.17, 15) is 0 Å². The second-order valence-corrected chi connectivity index (χ2v) is 4.17. The fraction of sp³-hybridized carbons (Fsp3) is 0.556. The Hall–Kier alpha value is -0.920. The van der Waals surface area contributed by atoms with Gasteiger partial charge in [0.15, 0.2) is 5.82 Å². The Labute approximate surface area is 103 Å². The monoisotopic (exact) mass is 289 g/mol. The molecule has 0 aromatic carbocycles. The van der Waals surface area contributed by atoms with E-state index in [-0.39, 0.29) is 6.10 Å². The van der Waals surface area contributed by atoms with Crippen LogP contribution in [0.25, 0.3) is 0 Å². The van der Waals surface area contributed by atoms with Gasteiger partial charge in [-0.1, -0.05) is 0 Å². The highest BCUT2D eigenvalue weighted by Crippen LogP contribution is 2.25. The highest BCUT2D eigenvalue weighted by Gasteiger charge is 2.06. The van der Waals surface area contributed by atoms with Crippen LogP contribution in [0.4, 0.5) is 11.6 Å². The number of nitrogen functional groups attached to an aromatic ring is 1. The fourth-order valence-corrected chi connectivity index (χ4v) is 1.52. The average molecular weight is 290 g/mol. The number of aromatic nitrogens is 2. The molecule has 0 saturated heterocycles. The molecule has 1 rings (SSSR count). The Balaban J connectivity index is 2.47. The molecule has 0 aliphatic carbocycles. The maximum Gasteiger partial charge on any atom is 0.159 e. The minimum atomic E-state index is 0.233. The van der Waals surface area contributed by atoms with Gasteiger partial charge in [-0.3, -0.25) is 0 Å². The normalized spacial score (nSPS) is 10.6. The lowest BCUT2D eigenvalue weighted by Crippen LogP contribution is -2.15. The van der Waals surface area contributed by atoms with E-state index in [4.69, 9.17) is 10.6 Å². The Morgan fingerprint density at radius 2 is 2.12 bits per heavy atom. The summed E-state index contributed by atoms with van der Waals surface area (Å²) in [5.41, 5.74) is 2.48. The van der Waals surface area contributed by atoms with Crippen LogP contribution in [-0.2, 0) is 4.74 Å². The van der Waals surface area contributed by atoms with Crippen molar-refractivity contribution >= 4 is 27.6 Å². The number of nitrogens with one attached hydrogen (secondary N) is 2. The number of hydrogen-bond donors (Lipinski definition) is 3. The molecule has 0 aliphatic heterocycles. The lowest BCUT2D eigenvalue weighted by atomic mass is 10.5. The summed E-state index contributed by atoms with van der Waals surface area (Å²) in [6.07, 6.45) is 1.67. The van der Waals surface area contributed by atoms with Crippen molar-refractivity contribution in [2.24, 2.45) is 5.84 Å². The van der Waals surface area contributed by atoms with Crippen molar-refractivity contribution in [1.82, 2.24) is 9.97 Å². The number of nitrogens with two attached hydrogens (primary N) is 1. The predicted octanol–water partition coefficient (Wildman–Crippen LogP) is 1.36. The molecule has 90 valence electrons. The summed E-state index contributed by atoms with van der Waals surface area (Å²) in [6.45, 7) is 5.30. The molecule has 0 bridgehead atoms. The summed E-state index contributed by atoms with van der Waals surface area (Å²) in [5.74, 6) is 6.53. The maximum atomic E-state index is 5.40. The quantitative estimate of drug-likeness (QED) is 0.417. The van der Waals surface area contributed by atoms with E-state index in [1.165, 1.54) is 6.33 Å². The van der Waals surface area contributed by atoms with E-state index < -0.39 is 0 Å². The van der Waals surface area contributed by atoms with E-state index in [1.54, 1.807) is 0 Å². The van der Waals surface area contributed by atoms with Gasteiger partial charge in [0.2, 0.25) is 0 Å². The van der Waals surface area contributed by atoms with Gasteiger partial charge in [0.1, 0.15) is 16.6 Å². The molecule has 0 atom stereocenters. The topological polar surface area (TPSA) is 85.1 Å². The number of rotatable bonds is 6. The SMILES string of the molecule is CC(C)OCCNc1ncnc(NN)c1Br. The largest absolute Gasteiger partial charge is 0.377 e. The van der Waals surface area contributed by atoms with E-state index in [0.717, 1.165) is 0 Å². The van der Waals surface area contributed by atoms with Gasteiger partial charge < -0.3 is 15.5 Å². The minimum absolute atomic E-state index is 0.233. The molecule has 0 saturated carbocycles. The first-order valence-corrected chi connectivity index (χ1v) is 5.77. The summed E-state index contributed by atoms with van der Waals surface area (Å²) >= 11 is 3.35. The molecule has 1 aromatic rings. The molecule has 0 radical (unpaired) electrons. The highest BCUT2D eigenvalue weighted by atomic mass is 79.9. The van der Waals surface area contributed by atoms with Crippen LogP contribution in [0.1, 0.15) is 13.8 Å². The third-order valence-electron chi connectivity index (χ3n) is 1.77. The number of nitrogens with zero attached hydrogens (tertiary/aromatic N) is 2. The summed E-state index contributed by atoms with van der Waals surface area (Å²) < 4.78 is 6.11. The number of ether oxygens (including phenoxy) is 1. The molecule has 6 nitrogen and oxygen atoms in total. The van der Waals surface area contributed by atoms with Crippen LogP contribution >= 0.6 is 15.9 Å². The van der Waals surface area contributed by atoms with Crippen molar-refractivity contribution in [1.29, 1.82) is 0 Å². The highest BCUT2D eigenvalue weighted by molar-refractivity contribution is 9.10. The van der Waals surface area contributed by atoms with Crippen LogP contribution < -0.4 is 16.6 Å². The fourth-order valence-electron chi connectivity index (χ4n) is 1.06. The van der Waals surface area contributed by atoms with Crippen molar-refractivity contribution in [3.8, 4) is 0 Å². The van der Waals surface area contributed by atoms with Crippen LogP contribution in [0.15, 0.2) is 10.8 Å². The predicted molar refractivity (Wildman–Crippen MR) is 67.1 cm³/mol. The van der Waals surface area contributed by atoms with Crippen LogP contribution in [0.5, 0.6) is 0 Å². The summed E-state index contributed by atoms with van der Waals surface area (Å²) in [7, 11) is 0. The van der Waals surface area contributed by atoms with Crippen LogP contribution in [0, 0.1) is 0 Å². The van der Waals surface area contributed by atoms with Crippen molar-refractivity contribution in [2.75, 3.05) is 23.9 Å². The van der Waals surface area contributed by atoms with Gasteiger partial charge >= 0.3 is 0 Å². The molecule has 0 aliphatic rings. The van der Waals surface area contributed by atoms with Gasteiger partial charge in [-0.25, -0.2) is 15.8 Å². The number of anilines is 2. The molecule has 1 heterocycles. The summed E-state index contributed by atoms with van der Waals surface area (Å²) in [4.78, 5) is 8.03. The first kappa shape index (κ1) is 13.1. The Morgan fingerprint density at radius 1 is 1.44 bits per heavy atom. The maximum absolute atomic E-state index is 5.40. The zero-order valence-electron chi connectivity index (χ0n) is 9.33. The molecular weight excluding hydrogens is 274 g/mol. The number of hydrazine groups is 1.